The molecule has 1 N–H and O–H groups in total. The van der Waals surface area contributed by atoms with E-state index in [2.05, 4.69) is 26.3 Å². The molecule has 0 bridgehead atoms. The van der Waals surface area contributed by atoms with Gasteiger partial charge in [-0.2, -0.15) is 10.1 Å². The number of hydrazone groups is 1. The number of nitrogens with one attached hydrogen (secondary N) is 1. The Labute approximate surface area is 210 Å². The fourth-order valence-electron chi connectivity index (χ4n) is 3.50. The van der Waals surface area contributed by atoms with Crippen LogP contribution in [0.25, 0.3) is 0 Å². The van der Waals surface area contributed by atoms with Crippen LogP contribution >= 0.6 is 15.9 Å². The summed E-state index contributed by atoms with van der Waals surface area (Å²) in [4.78, 5) is 60.3. The summed E-state index contributed by atoms with van der Waals surface area (Å²) in [5.41, 5.74) is -1.15. The average Bonchev–Trinajstić information content (AvgIpc) is 3.21. The molecule has 12 nitrogen and oxygen atoms in total. The Hall–Kier alpha value is -4.78. The molecule has 4 rings (SSSR count). The van der Waals surface area contributed by atoms with Crippen molar-refractivity contribution in [2.45, 2.75) is 0 Å². The second-order valence-electron chi connectivity index (χ2n) is 7.45. The lowest BCUT2D eigenvalue weighted by Gasteiger charge is -2.14. The summed E-state index contributed by atoms with van der Waals surface area (Å²) in [5.74, 6) is -4.92. The van der Waals surface area contributed by atoms with E-state index in [0.717, 1.165) is 16.6 Å². The second-order valence-corrected chi connectivity index (χ2v) is 8.36. The van der Waals surface area contributed by atoms with E-state index in [1.807, 2.05) is 0 Å². The van der Waals surface area contributed by atoms with Crippen LogP contribution in [0.3, 0.4) is 0 Å². The van der Waals surface area contributed by atoms with Gasteiger partial charge in [0, 0.05) is 16.2 Å². The molecular formula is C23H14BrN5O7. The molecule has 180 valence electrons. The van der Waals surface area contributed by atoms with Crippen LogP contribution in [0.2, 0.25) is 0 Å². The molecule has 0 aromatic heterocycles. The summed E-state index contributed by atoms with van der Waals surface area (Å²) in [7, 11) is 0. The number of anilines is 2. The number of carbonyl (C=O) groups is 3. The largest absolute Gasteiger partial charge is 0.319 e. The quantitative estimate of drug-likeness (QED) is 0.201. The highest BCUT2D eigenvalue weighted by Crippen LogP contribution is 2.36. The average molecular weight is 552 g/mol. The summed E-state index contributed by atoms with van der Waals surface area (Å²) < 4.78 is 0.747. The lowest BCUT2D eigenvalue weighted by atomic mass is 9.92. The van der Waals surface area contributed by atoms with E-state index in [9.17, 15) is 34.6 Å². The van der Waals surface area contributed by atoms with Crippen molar-refractivity contribution in [1.82, 2.24) is 0 Å². The number of rotatable bonds is 7. The van der Waals surface area contributed by atoms with Crippen molar-refractivity contribution in [3.8, 4) is 0 Å². The predicted molar refractivity (Wildman–Crippen MR) is 131 cm³/mol. The van der Waals surface area contributed by atoms with Gasteiger partial charge in [0.25, 0.3) is 17.5 Å². The van der Waals surface area contributed by atoms with Crippen LogP contribution in [0.15, 0.2) is 82.4 Å². The van der Waals surface area contributed by atoms with Gasteiger partial charge in [-0.15, -0.1) is 0 Å². The first-order chi connectivity index (χ1) is 17.2. The molecule has 0 aliphatic carbocycles. The maximum atomic E-state index is 13.4. The van der Waals surface area contributed by atoms with Crippen LogP contribution in [0, 0.1) is 26.1 Å². The number of non-ortho nitro benzene ring substituents is 1. The molecule has 1 unspecified atom stereocenters. The zero-order chi connectivity index (χ0) is 26.0. The number of nitrogens with zero attached hydrogens (tertiary/aromatic N) is 4. The van der Waals surface area contributed by atoms with Gasteiger partial charge >= 0.3 is 5.69 Å². The molecule has 3 aromatic rings. The van der Waals surface area contributed by atoms with Crippen molar-refractivity contribution < 1.29 is 24.2 Å². The molecule has 36 heavy (non-hydrogen) atoms. The van der Waals surface area contributed by atoms with E-state index in [1.54, 1.807) is 54.6 Å². The molecular weight excluding hydrogens is 538 g/mol. The molecule has 3 aromatic carbocycles. The number of amides is 2. The van der Waals surface area contributed by atoms with E-state index < -0.39 is 44.7 Å². The van der Waals surface area contributed by atoms with Crippen LogP contribution in [-0.4, -0.2) is 33.2 Å². The standard InChI is InChI=1S/C23H14BrN5O7/c24-14-6-8-15(9-7-14)25-22(31)21(30)19-20(13-4-2-1-3-5-13)26-27(23(19)32)17-11-10-16(28(33)34)12-18(17)29(35)36/h1-12,19H,(H,25,31). The Bertz CT molecular complexity index is 1440. The maximum absolute atomic E-state index is 13.4. The van der Waals surface area contributed by atoms with Crippen molar-refractivity contribution in [2.24, 2.45) is 11.0 Å². The van der Waals surface area contributed by atoms with Crippen LogP contribution in [0.1, 0.15) is 5.56 Å². The smallest absolute Gasteiger partial charge is 0.301 e. The molecule has 1 heterocycles. The Kier molecular flexibility index (Phi) is 6.65. The number of carbonyl (C=O) groups excluding carboxylic acids is 3. The van der Waals surface area contributed by atoms with E-state index in [4.69, 9.17) is 0 Å². The van der Waals surface area contributed by atoms with Gasteiger partial charge in [-0.3, -0.25) is 34.6 Å². The summed E-state index contributed by atoms with van der Waals surface area (Å²) >= 11 is 3.26. The molecule has 0 saturated carbocycles. The first kappa shape index (κ1) is 24.3. The molecule has 0 fully saturated rings. The highest BCUT2D eigenvalue weighted by Gasteiger charge is 2.46. The van der Waals surface area contributed by atoms with Crippen molar-refractivity contribution in [1.29, 1.82) is 0 Å². The Morgan fingerprint density at radius 1 is 0.944 bits per heavy atom. The molecule has 0 radical (unpaired) electrons. The summed E-state index contributed by atoms with van der Waals surface area (Å²) in [6.45, 7) is 0. The number of halogens is 1. The summed E-state index contributed by atoms with van der Waals surface area (Å²) in [6.07, 6.45) is 0. The topological polar surface area (TPSA) is 165 Å². The molecule has 2 amide bonds. The predicted octanol–water partition coefficient (Wildman–Crippen LogP) is 3.84. The van der Waals surface area contributed by atoms with Crippen LogP contribution in [-0.2, 0) is 14.4 Å². The van der Waals surface area contributed by atoms with E-state index in [-0.39, 0.29) is 11.4 Å². The van der Waals surface area contributed by atoms with Gasteiger partial charge in [-0.1, -0.05) is 46.3 Å². The monoisotopic (exact) mass is 551 g/mol. The van der Waals surface area contributed by atoms with Gasteiger partial charge < -0.3 is 5.32 Å². The summed E-state index contributed by atoms with van der Waals surface area (Å²) in [6, 6.07) is 17.1. The first-order valence-corrected chi connectivity index (χ1v) is 11.0. The normalized spacial score (nSPS) is 14.8. The van der Waals surface area contributed by atoms with Crippen molar-refractivity contribution in [3.05, 3.63) is 103 Å². The number of nitro benzene ring substituents is 2. The number of hydrogen-bond donors (Lipinski definition) is 1. The number of nitro groups is 2. The molecule has 0 spiro atoms. The fourth-order valence-corrected chi connectivity index (χ4v) is 3.77. The third kappa shape index (κ3) is 4.72. The van der Waals surface area contributed by atoms with Gasteiger partial charge in [-0.25, -0.2) is 0 Å². The first-order valence-electron chi connectivity index (χ1n) is 10.2. The molecule has 13 heteroatoms. The lowest BCUT2D eigenvalue weighted by Crippen LogP contribution is -2.39. The Balaban J connectivity index is 1.75. The van der Waals surface area contributed by atoms with Gasteiger partial charge in [0.2, 0.25) is 5.78 Å². The molecule has 0 saturated heterocycles. The summed E-state index contributed by atoms with van der Waals surface area (Å²) in [5, 5.41) is 29.9. The van der Waals surface area contributed by atoms with E-state index in [1.165, 1.54) is 0 Å². The highest BCUT2D eigenvalue weighted by atomic mass is 79.9. The zero-order valence-corrected chi connectivity index (χ0v) is 19.6. The van der Waals surface area contributed by atoms with Crippen LogP contribution in [0.4, 0.5) is 22.7 Å². The number of benzene rings is 3. The minimum atomic E-state index is -1.70. The number of ketones is 1. The second kappa shape index (κ2) is 9.84. The van der Waals surface area contributed by atoms with Crippen LogP contribution in [0.5, 0.6) is 0 Å². The minimum Gasteiger partial charge on any atom is -0.319 e. The zero-order valence-electron chi connectivity index (χ0n) is 18.0. The van der Waals surface area contributed by atoms with Crippen molar-refractivity contribution in [3.63, 3.8) is 0 Å². The van der Waals surface area contributed by atoms with Crippen molar-refractivity contribution >= 4 is 62.0 Å². The van der Waals surface area contributed by atoms with Crippen LogP contribution < -0.4 is 10.3 Å². The molecule has 1 aliphatic heterocycles. The number of hydrogen-bond acceptors (Lipinski definition) is 8. The van der Waals surface area contributed by atoms with E-state index >= 15 is 0 Å². The van der Waals surface area contributed by atoms with Gasteiger partial charge in [0.15, 0.2) is 5.92 Å². The van der Waals surface area contributed by atoms with Crippen molar-refractivity contribution in [2.75, 3.05) is 10.3 Å². The third-order valence-corrected chi connectivity index (χ3v) is 5.72. The molecule has 1 atom stereocenters. The third-order valence-electron chi connectivity index (χ3n) is 5.19. The highest BCUT2D eigenvalue weighted by molar-refractivity contribution is 9.10. The van der Waals surface area contributed by atoms with Gasteiger partial charge in [0.1, 0.15) is 5.69 Å². The number of Topliss-reactive ketones (excluding diaryl/α,β-unsaturated/α-hetero) is 1. The van der Waals surface area contributed by atoms with Gasteiger partial charge in [0.05, 0.1) is 21.6 Å². The molecule has 1 aliphatic rings. The van der Waals surface area contributed by atoms with Gasteiger partial charge in [-0.05, 0) is 35.9 Å². The minimum absolute atomic E-state index is 0.0933. The van der Waals surface area contributed by atoms with E-state index in [0.29, 0.717) is 22.3 Å². The lowest BCUT2D eigenvalue weighted by molar-refractivity contribution is -0.393. The Morgan fingerprint density at radius 3 is 2.22 bits per heavy atom. The Morgan fingerprint density at radius 2 is 1.61 bits per heavy atom. The maximum Gasteiger partial charge on any atom is 0.301 e. The SMILES string of the molecule is O=C(Nc1ccc(Br)cc1)C(=O)C1C(=O)N(c2ccc([N+](=O)[O-])cc2[N+](=O)[O-])N=C1c1ccccc1. The fraction of sp³-hybridized carbons (Fsp3) is 0.0435.